The molecule has 1 aromatic carbocycles. The molecule has 72 heavy (non-hydrogen) atoms. The zero-order chi connectivity index (χ0) is 52.6. The first-order valence-electron chi connectivity index (χ1n) is 23.7. The maximum Gasteiger partial charge on any atom is 0.490 e. The number of benzene rings is 1. The van der Waals surface area contributed by atoms with Crippen LogP contribution in [0.25, 0.3) is 0 Å². The number of fused-ring (bicyclic) bond motifs is 1. The Balaban J connectivity index is 0.000000602. The van der Waals surface area contributed by atoms with Crippen LogP contribution in [0.1, 0.15) is 103 Å². The monoisotopic (exact) mass is 1060 g/mol. The molecule has 7 rings (SSSR count). The van der Waals surface area contributed by atoms with Crippen molar-refractivity contribution >= 4 is 58.0 Å². The number of phenolic OH excluding ortho intramolecular Hbond substituents is 1. The van der Waals surface area contributed by atoms with E-state index < -0.39 is 24.3 Å². The van der Waals surface area contributed by atoms with Gasteiger partial charge in [0.15, 0.2) is 12.4 Å². The molecule has 4 aliphatic rings. The SMILES string of the molecule is CC(C)c1nc(C(=O)N2CCOC3(CCN(Cc4csc(CCOCCC(=O)N(CCNCCc5ccc(O)c6c5OCC(=O)N6)C5CCCCC5)c4)CC3)C2)cs1.O=C(O)C(F)(F)F.O=C(O)C(F)(F)F. The highest BCUT2D eigenvalue weighted by Crippen LogP contribution is 2.39. The minimum absolute atomic E-state index is 0.00295. The summed E-state index contributed by atoms with van der Waals surface area (Å²) in [6, 6.07) is 5.98. The minimum Gasteiger partial charge on any atom is -0.506 e. The van der Waals surface area contributed by atoms with Crippen LogP contribution in [0.2, 0.25) is 0 Å². The van der Waals surface area contributed by atoms with Gasteiger partial charge in [0, 0.05) is 67.9 Å². The molecule has 1 spiro atoms. The van der Waals surface area contributed by atoms with E-state index in [4.69, 9.17) is 34.0 Å². The molecule has 2 aromatic heterocycles. The molecule has 3 amide bonds. The van der Waals surface area contributed by atoms with Crippen molar-refractivity contribution in [1.29, 1.82) is 0 Å². The Morgan fingerprint density at radius 2 is 1.64 bits per heavy atom. The van der Waals surface area contributed by atoms with Crippen molar-refractivity contribution in [3.05, 3.63) is 55.7 Å². The van der Waals surface area contributed by atoms with Gasteiger partial charge in [0.25, 0.3) is 11.8 Å². The summed E-state index contributed by atoms with van der Waals surface area (Å²) in [5.41, 5.74) is 2.85. The Morgan fingerprint density at radius 1 is 0.958 bits per heavy atom. The number of carbonyl (C=O) groups excluding carboxylic acids is 3. The number of thiophene rings is 1. The molecule has 1 aliphatic carbocycles. The average Bonchev–Trinajstić information content (AvgIpc) is 4.02. The molecule has 0 bridgehead atoms. The lowest BCUT2D eigenvalue weighted by molar-refractivity contribution is -0.193. The molecule has 5 N–H and O–H groups in total. The molecule has 1 saturated carbocycles. The van der Waals surface area contributed by atoms with E-state index in [0.717, 1.165) is 75.2 Å². The van der Waals surface area contributed by atoms with Gasteiger partial charge in [-0.1, -0.05) is 39.2 Å². The number of carboxylic acid groups (broad SMARTS) is 2. The maximum atomic E-state index is 13.5. The number of hydrogen-bond donors (Lipinski definition) is 5. The van der Waals surface area contributed by atoms with Crippen molar-refractivity contribution in [3.63, 3.8) is 0 Å². The molecule has 17 nitrogen and oxygen atoms in total. The van der Waals surface area contributed by atoms with Crippen LogP contribution in [0.3, 0.4) is 0 Å². The third-order valence-electron chi connectivity index (χ3n) is 12.4. The van der Waals surface area contributed by atoms with Crippen LogP contribution in [-0.2, 0) is 48.0 Å². The summed E-state index contributed by atoms with van der Waals surface area (Å²) in [4.78, 5) is 68.7. The number of carbonyl (C=O) groups is 5. The molecular formula is C47H62F6N6O11S2. The number of alkyl halides is 6. The number of likely N-dealkylation sites (tertiary alicyclic amines) is 1. The Hall–Kier alpha value is -5.08. The Morgan fingerprint density at radius 3 is 2.28 bits per heavy atom. The number of nitrogens with zero attached hydrogens (tertiary/aromatic N) is 4. The van der Waals surface area contributed by atoms with Crippen LogP contribution in [-0.4, -0.2) is 161 Å². The Bertz CT molecular complexity index is 2260. The van der Waals surface area contributed by atoms with Crippen LogP contribution >= 0.6 is 22.7 Å². The molecule has 0 unspecified atom stereocenters. The zero-order valence-corrected chi connectivity index (χ0v) is 41.7. The van der Waals surface area contributed by atoms with E-state index in [-0.39, 0.29) is 41.7 Å². The highest BCUT2D eigenvalue weighted by atomic mass is 32.1. The number of halogens is 6. The molecule has 3 aliphatic heterocycles. The Labute approximate surface area is 420 Å². The smallest absolute Gasteiger partial charge is 0.490 e. The van der Waals surface area contributed by atoms with Crippen LogP contribution < -0.4 is 15.4 Å². The van der Waals surface area contributed by atoms with Crippen molar-refractivity contribution in [2.24, 2.45) is 0 Å². The first-order chi connectivity index (χ1) is 34.0. The number of amides is 3. The maximum absolute atomic E-state index is 13.5. The minimum atomic E-state index is -5.08. The van der Waals surface area contributed by atoms with E-state index >= 15 is 0 Å². The van der Waals surface area contributed by atoms with E-state index in [0.29, 0.717) is 88.4 Å². The topological polar surface area (TPSA) is 220 Å². The lowest BCUT2D eigenvalue weighted by Crippen LogP contribution is -2.57. The fourth-order valence-electron chi connectivity index (χ4n) is 8.59. The van der Waals surface area contributed by atoms with Gasteiger partial charge in [-0.25, -0.2) is 14.6 Å². The number of phenols is 1. The number of aromatic hydroxyl groups is 1. The molecule has 5 heterocycles. The van der Waals surface area contributed by atoms with E-state index in [1.807, 2.05) is 16.3 Å². The highest BCUT2D eigenvalue weighted by molar-refractivity contribution is 7.10. The number of carboxylic acids is 2. The van der Waals surface area contributed by atoms with Crippen LogP contribution in [0.5, 0.6) is 11.5 Å². The first kappa shape index (κ1) is 57.8. The van der Waals surface area contributed by atoms with Crippen molar-refractivity contribution in [2.45, 2.75) is 115 Å². The third kappa shape index (κ3) is 17.6. The van der Waals surface area contributed by atoms with Gasteiger partial charge in [-0.05, 0) is 67.3 Å². The number of aromatic nitrogens is 1. The summed E-state index contributed by atoms with van der Waals surface area (Å²) < 4.78 is 81.5. The predicted octanol–water partition coefficient (Wildman–Crippen LogP) is 7.08. The van der Waals surface area contributed by atoms with Gasteiger partial charge in [0.1, 0.15) is 17.1 Å². The van der Waals surface area contributed by atoms with Gasteiger partial charge in [-0.15, -0.1) is 22.7 Å². The van der Waals surface area contributed by atoms with E-state index in [1.165, 1.54) is 16.9 Å². The number of hydrogen-bond acceptors (Lipinski definition) is 14. The van der Waals surface area contributed by atoms with E-state index in [9.17, 15) is 45.8 Å². The average molecular weight is 1070 g/mol. The van der Waals surface area contributed by atoms with Crippen LogP contribution in [0, 0.1) is 0 Å². The molecule has 400 valence electrons. The number of aliphatic carboxylic acids is 2. The molecule has 3 aromatic rings. The summed E-state index contributed by atoms with van der Waals surface area (Å²) in [6.07, 6.45) is -0.829. The number of anilines is 1. The molecule has 25 heteroatoms. The second kappa shape index (κ2) is 26.7. The van der Waals surface area contributed by atoms with Crippen LogP contribution in [0.4, 0.5) is 32.0 Å². The zero-order valence-electron chi connectivity index (χ0n) is 40.1. The fourth-order valence-corrected chi connectivity index (χ4v) is 10.3. The summed E-state index contributed by atoms with van der Waals surface area (Å²) in [5, 5.41) is 35.7. The molecular weight excluding hydrogens is 1000 g/mol. The lowest BCUT2D eigenvalue weighted by Gasteiger charge is -2.47. The number of piperidine rings is 1. The van der Waals surface area contributed by atoms with Crippen LogP contribution in [0.15, 0.2) is 29.0 Å². The lowest BCUT2D eigenvalue weighted by atomic mass is 9.89. The largest absolute Gasteiger partial charge is 0.506 e. The summed E-state index contributed by atoms with van der Waals surface area (Å²) in [6.45, 7) is 11.7. The van der Waals surface area contributed by atoms with Gasteiger partial charge < -0.3 is 50.0 Å². The standard InChI is InChI=1S/C43H60N6O7S2.2C2HF3O2/c1-30(2)41-45-35(28-58-41)42(53)48-20-23-56-43(29-48)13-17-47(18-14-43)25-31-24-34(57-27-31)11-21-54-22-12-38(52)49(33-6-4-3-5-7-33)19-16-44-15-10-32-8-9-36(50)39-40(32)55-26-37(51)46-39;2*3-2(4,5)1(6)7/h8-9,24,27-28,30,33,44,50H,3-7,10-23,25-26,29H2,1-2H3,(H,46,51);2*(H,6,7). The fraction of sp³-hybridized carbons (Fsp3) is 0.617. The molecule has 0 atom stereocenters. The second-order valence-electron chi connectivity index (χ2n) is 18.1. The normalized spacial score (nSPS) is 17.2. The quantitative estimate of drug-likeness (QED) is 0.0519. The number of thiazole rings is 1. The predicted molar refractivity (Wildman–Crippen MR) is 254 cm³/mol. The van der Waals surface area contributed by atoms with Gasteiger partial charge in [-0.2, -0.15) is 26.3 Å². The third-order valence-corrected chi connectivity index (χ3v) is 14.5. The number of morpholine rings is 1. The molecule has 3 fully saturated rings. The van der Waals surface area contributed by atoms with Crippen molar-refractivity contribution < 1.29 is 79.8 Å². The number of rotatable bonds is 17. The van der Waals surface area contributed by atoms with Gasteiger partial charge in [0.2, 0.25) is 5.91 Å². The van der Waals surface area contributed by atoms with Gasteiger partial charge >= 0.3 is 24.3 Å². The Kier molecular flexibility index (Phi) is 21.5. The van der Waals surface area contributed by atoms with E-state index in [2.05, 4.69) is 50.7 Å². The second-order valence-corrected chi connectivity index (χ2v) is 19.9. The summed E-state index contributed by atoms with van der Waals surface area (Å²) >= 11 is 3.34. The van der Waals surface area contributed by atoms with Gasteiger partial charge in [0.05, 0.1) is 43.4 Å². The number of ether oxygens (including phenoxy) is 3. The van der Waals surface area contributed by atoms with Crippen molar-refractivity contribution in [1.82, 2.24) is 25.0 Å². The molecule has 0 radical (unpaired) electrons. The van der Waals surface area contributed by atoms with E-state index in [1.54, 1.807) is 28.7 Å². The highest BCUT2D eigenvalue weighted by Gasteiger charge is 2.42. The van der Waals surface area contributed by atoms with Crippen molar-refractivity contribution in [2.75, 3.05) is 77.6 Å². The van der Waals surface area contributed by atoms with Gasteiger partial charge in [-0.3, -0.25) is 19.3 Å². The number of nitrogens with one attached hydrogen (secondary N) is 2. The summed E-state index contributed by atoms with van der Waals surface area (Å²) in [5.74, 6) is -4.77. The molecule has 2 saturated heterocycles. The first-order valence-corrected chi connectivity index (χ1v) is 25.4. The summed E-state index contributed by atoms with van der Waals surface area (Å²) in [7, 11) is 0. The van der Waals surface area contributed by atoms with Crippen molar-refractivity contribution in [3.8, 4) is 11.5 Å².